The molecule has 1 saturated heterocycles. The summed E-state index contributed by atoms with van der Waals surface area (Å²) in [6.45, 7) is 0.195. The number of hydrogen-bond acceptors (Lipinski definition) is 5. The second-order valence-electron chi connectivity index (χ2n) is 6.12. The van der Waals surface area contributed by atoms with Gasteiger partial charge in [0.25, 0.3) is 0 Å². The van der Waals surface area contributed by atoms with Gasteiger partial charge in [0.05, 0.1) is 25.2 Å². The molecule has 27 heavy (non-hydrogen) atoms. The third kappa shape index (κ3) is 4.27. The number of rotatable bonds is 4. The van der Waals surface area contributed by atoms with Gasteiger partial charge in [-0.15, -0.1) is 0 Å². The summed E-state index contributed by atoms with van der Waals surface area (Å²) < 4.78 is 62.0. The van der Waals surface area contributed by atoms with Crippen molar-refractivity contribution < 1.29 is 26.9 Å². The van der Waals surface area contributed by atoms with E-state index in [0.29, 0.717) is 5.56 Å². The van der Waals surface area contributed by atoms with Crippen molar-refractivity contribution in [3.05, 3.63) is 51.8 Å². The van der Waals surface area contributed by atoms with E-state index in [-0.39, 0.29) is 36.8 Å². The van der Waals surface area contributed by atoms with Crippen molar-refractivity contribution in [2.24, 2.45) is 0 Å². The molecule has 1 N–H and O–H groups in total. The standard InChI is InChI=1S/C15H15F3N4O4S/c16-15(17,18)12-2-1-11(10-21-4-3-19-14(21)22(23)24)13(9-12)20-5-7-27(25,26)8-6-20/h1-4,9H,5-8,10H2/p+1. The fraction of sp³-hybridized carbons (Fsp3) is 0.400. The van der Waals surface area contributed by atoms with Gasteiger partial charge in [-0.3, -0.25) is 0 Å². The van der Waals surface area contributed by atoms with Crippen LogP contribution in [0.2, 0.25) is 0 Å². The van der Waals surface area contributed by atoms with Gasteiger partial charge in [0.2, 0.25) is 10.2 Å². The Labute approximate surface area is 153 Å². The maximum absolute atomic E-state index is 13.1. The van der Waals surface area contributed by atoms with E-state index in [0.717, 1.165) is 12.1 Å². The SMILES string of the molecule is O=[N+]([O-])c1nccn1Cc1ccc(C(F)(F)F)cc1N1CC[S+](=O)(O)CC1. The summed E-state index contributed by atoms with van der Waals surface area (Å²) >= 11 is 0. The molecule has 0 aliphatic carbocycles. The molecule has 0 saturated carbocycles. The minimum atomic E-state index is -4.55. The normalized spacial score (nSPS) is 17.1. The molecule has 146 valence electrons. The Morgan fingerprint density at radius 2 is 1.96 bits per heavy atom. The van der Waals surface area contributed by atoms with Crippen LogP contribution in [-0.4, -0.2) is 43.6 Å². The molecule has 8 nitrogen and oxygen atoms in total. The van der Waals surface area contributed by atoms with E-state index in [4.69, 9.17) is 0 Å². The quantitative estimate of drug-likeness (QED) is 0.477. The molecule has 1 aromatic heterocycles. The zero-order chi connectivity index (χ0) is 19.8. The summed E-state index contributed by atoms with van der Waals surface area (Å²) in [4.78, 5) is 15.6. The zero-order valence-electron chi connectivity index (χ0n) is 13.9. The highest BCUT2D eigenvalue weighted by Crippen LogP contribution is 2.34. The third-order valence-corrected chi connectivity index (χ3v) is 5.95. The van der Waals surface area contributed by atoms with E-state index in [1.165, 1.54) is 23.0 Å². The maximum Gasteiger partial charge on any atom is 0.434 e. The number of aromatic nitrogens is 2. The molecule has 3 rings (SSSR count). The number of halogens is 3. The van der Waals surface area contributed by atoms with Gasteiger partial charge in [-0.05, 0) is 17.1 Å². The van der Waals surface area contributed by atoms with Crippen LogP contribution in [0.3, 0.4) is 0 Å². The zero-order valence-corrected chi connectivity index (χ0v) is 14.7. The molecule has 0 bridgehead atoms. The maximum atomic E-state index is 13.1. The van der Waals surface area contributed by atoms with Gasteiger partial charge in [-0.25, -0.2) is 4.57 Å². The van der Waals surface area contributed by atoms with E-state index in [9.17, 15) is 32.0 Å². The number of anilines is 1. The molecule has 1 aliphatic heterocycles. The monoisotopic (exact) mass is 405 g/mol. The van der Waals surface area contributed by atoms with E-state index >= 15 is 0 Å². The van der Waals surface area contributed by atoms with Crippen LogP contribution in [0.5, 0.6) is 0 Å². The smallest absolute Gasteiger partial charge is 0.390 e. The number of benzene rings is 1. The molecule has 1 fully saturated rings. The predicted molar refractivity (Wildman–Crippen MR) is 92.1 cm³/mol. The van der Waals surface area contributed by atoms with E-state index in [1.54, 1.807) is 4.90 Å². The lowest BCUT2D eigenvalue weighted by Crippen LogP contribution is -2.43. The first kappa shape index (κ1) is 19.3. The van der Waals surface area contributed by atoms with Crippen LogP contribution in [0, 0.1) is 10.1 Å². The molecule has 0 amide bonds. The van der Waals surface area contributed by atoms with Gasteiger partial charge in [0.1, 0.15) is 12.4 Å². The van der Waals surface area contributed by atoms with Crippen LogP contribution in [0.4, 0.5) is 24.8 Å². The first-order valence-corrected chi connectivity index (χ1v) is 9.75. The Bertz CT molecular complexity index is 903. The molecule has 0 unspecified atom stereocenters. The Morgan fingerprint density at radius 3 is 2.56 bits per heavy atom. The number of alkyl halides is 3. The minimum Gasteiger partial charge on any atom is -0.390 e. The highest BCUT2D eigenvalue weighted by molar-refractivity contribution is 7.97. The molecule has 2 aromatic rings. The van der Waals surface area contributed by atoms with E-state index in [1.807, 2.05) is 0 Å². The van der Waals surface area contributed by atoms with Crippen molar-refractivity contribution in [1.29, 1.82) is 0 Å². The molecule has 1 aromatic carbocycles. The van der Waals surface area contributed by atoms with Crippen molar-refractivity contribution in [1.82, 2.24) is 9.55 Å². The summed E-state index contributed by atoms with van der Waals surface area (Å²) in [6, 6.07) is 3.16. The van der Waals surface area contributed by atoms with E-state index in [2.05, 4.69) is 4.98 Å². The van der Waals surface area contributed by atoms with Crippen molar-refractivity contribution >= 4 is 21.8 Å². The third-order valence-electron chi connectivity index (χ3n) is 4.31. The van der Waals surface area contributed by atoms with Crippen LogP contribution in [-0.2, 0) is 27.1 Å². The van der Waals surface area contributed by atoms with Gasteiger partial charge < -0.3 is 15.0 Å². The molecule has 0 atom stereocenters. The van der Waals surface area contributed by atoms with Gasteiger partial charge in [0.15, 0.2) is 11.5 Å². The lowest BCUT2D eigenvalue weighted by molar-refractivity contribution is -0.396. The van der Waals surface area contributed by atoms with E-state index < -0.39 is 32.8 Å². The highest BCUT2D eigenvalue weighted by atomic mass is 32.3. The molecule has 12 heteroatoms. The second kappa shape index (κ2) is 6.93. The van der Waals surface area contributed by atoms with Crippen molar-refractivity contribution in [3.8, 4) is 0 Å². The van der Waals surface area contributed by atoms with Crippen LogP contribution in [0.15, 0.2) is 30.6 Å². The second-order valence-corrected chi connectivity index (χ2v) is 8.48. The number of nitrogens with zero attached hydrogens (tertiary/aromatic N) is 4. The fourth-order valence-corrected chi connectivity index (χ4v) is 4.12. The molecule has 2 heterocycles. The Morgan fingerprint density at radius 1 is 1.30 bits per heavy atom. The lowest BCUT2D eigenvalue weighted by atomic mass is 10.1. The van der Waals surface area contributed by atoms with Crippen molar-refractivity contribution in [2.45, 2.75) is 12.7 Å². The average molecular weight is 405 g/mol. The van der Waals surface area contributed by atoms with Crippen LogP contribution < -0.4 is 4.90 Å². The largest absolute Gasteiger partial charge is 0.434 e. The van der Waals surface area contributed by atoms with Gasteiger partial charge in [-0.1, -0.05) is 15.3 Å². The predicted octanol–water partition coefficient (Wildman–Crippen LogP) is 2.65. The van der Waals surface area contributed by atoms with Crippen molar-refractivity contribution in [2.75, 3.05) is 29.5 Å². The first-order chi connectivity index (χ1) is 12.6. The summed E-state index contributed by atoms with van der Waals surface area (Å²) in [5.41, 5.74) is -0.185. The Hall–Kier alpha value is -2.47. The molecular formula is C15H16F3N4O4S+. The fourth-order valence-electron chi connectivity index (χ4n) is 2.91. The Balaban J connectivity index is 1.99. The number of hydrogen-bond donors (Lipinski definition) is 1. The average Bonchev–Trinajstić information content (AvgIpc) is 3.03. The molecular weight excluding hydrogens is 389 g/mol. The molecule has 0 radical (unpaired) electrons. The van der Waals surface area contributed by atoms with Gasteiger partial charge >= 0.3 is 12.1 Å². The van der Waals surface area contributed by atoms with Crippen LogP contribution in [0.1, 0.15) is 11.1 Å². The Kier molecular flexibility index (Phi) is 4.95. The molecule has 1 aliphatic rings. The topological polar surface area (TPSA) is 102 Å². The summed E-state index contributed by atoms with van der Waals surface area (Å²) in [5.74, 6) is -0.514. The minimum absolute atomic E-state index is 0.0468. The molecule has 0 spiro atoms. The summed E-state index contributed by atoms with van der Waals surface area (Å²) in [5, 5.41) is 11.0. The van der Waals surface area contributed by atoms with Crippen LogP contribution >= 0.6 is 0 Å². The highest BCUT2D eigenvalue weighted by Gasteiger charge is 2.35. The van der Waals surface area contributed by atoms with Gasteiger partial charge in [0, 0.05) is 11.3 Å². The van der Waals surface area contributed by atoms with Crippen molar-refractivity contribution in [3.63, 3.8) is 0 Å². The first-order valence-electron chi connectivity index (χ1n) is 7.89. The van der Waals surface area contributed by atoms with Gasteiger partial charge in [-0.2, -0.15) is 17.7 Å². The lowest BCUT2D eigenvalue weighted by Gasteiger charge is -2.30. The summed E-state index contributed by atoms with van der Waals surface area (Å²) in [6.07, 6.45) is -1.94. The number of imidazole rings is 1. The van der Waals surface area contributed by atoms with Crippen LogP contribution in [0.25, 0.3) is 0 Å². The summed E-state index contributed by atoms with van der Waals surface area (Å²) in [7, 11) is -2.96. The number of nitro groups is 1.